The zero-order valence-electron chi connectivity index (χ0n) is 5.99. The van der Waals surface area contributed by atoms with Crippen molar-refractivity contribution in [1.82, 2.24) is 9.78 Å². The Morgan fingerprint density at radius 3 is 3.00 bits per heavy atom. The van der Waals surface area contributed by atoms with E-state index in [4.69, 9.17) is 0 Å². The number of nitrogens with zero attached hydrogens (tertiary/aromatic N) is 2. The van der Waals surface area contributed by atoms with E-state index in [1.807, 2.05) is 23.1 Å². The molecule has 10 heavy (non-hydrogen) atoms. The number of rotatable bonds is 1. The molecule has 1 aromatic rings. The monoisotopic (exact) mass is 134 g/mol. The predicted octanol–water partition coefficient (Wildman–Crippen LogP) is 1.77. The summed E-state index contributed by atoms with van der Waals surface area (Å²) in [5.41, 5.74) is 1.43. The van der Waals surface area contributed by atoms with Gasteiger partial charge in [-0.05, 0) is 19.4 Å². The second kappa shape index (κ2) is 1.97. The molecule has 0 saturated heterocycles. The van der Waals surface area contributed by atoms with Crippen molar-refractivity contribution in [3.05, 3.63) is 30.1 Å². The second-order valence-corrected chi connectivity index (χ2v) is 2.69. The van der Waals surface area contributed by atoms with E-state index < -0.39 is 0 Å². The van der Waals surface area contributed by atoms with E-state index in [0.29, 0.717) is 6.04 Å². The summed E-state index contributed by atoms with van der Waals surface area (Å²) in [6, 6.07) is 2.51. The van der Waals surface area contributed by atoms with E-state index in [0.717, 1.165) is 6.42 Å². The molecule has 52 valence electrons. The average molecular weight is 134 g/mol. The maximum Gasteiger partial charge on any atom is 0.0760 e. The summed E-state index contributed by atoms with van der Waals surface area (Å²) in [7, 11) is 0. The highest BCUT2D eigenvalue weighted by Crippen LogP contribution is 2.29. The second-order valence-electron chi connectivity index (χ2n) is 2.69. The Morgan fingerprint density at radius 1 is 1.70 bits per heavy atom. The largest absolute Gasteiger partial charge is 0.265 e. The van der Waals surface area contributed by atoms with Gasteiger partial charge in [0.25, 0.3) is 0 Å². The molecule has 2 nitrogen and oxygen atoms in total. The van der Waals surface area contributed by atoms with Crippen LogP contribution in [0.1, 0.15) is 19.4 Å². The van der Waals surface area contributed by atoms with Crippen LogP contribution in [0.3, 0.4) is 0 Å². The molecule has 0 radical (unpaired) electrons. The first-order valence-corrected chi connectivity index (χ1v) is 3.54. The van der Waals surface area contributed by atoms with Gasteiger partial charge in [-0.2, -0.15) is 5.10 Å². The van der Waals surface area contributed by atoms with Crippen LogP contribution >= 0.6 is 0 Å². The highest BCUT2D eigenvalue weighted by atomic mass is 15.3. The quantitative estimate of drug-likeness (QED) is 0.535. The molecule has 0 aliphatic heterocycles. The van der Waals surface area contributed by atoms with Crippen LogP contribution in [0, 0.1) is 0 Å². The summed E-state index contributed by atoms with van der Waals surface area (Å²) < 4.78 is 2.01. The Kier molecular flexibility index (Phi) is 1.13. The van der Waals surface area contributed by atoms with Crippen molar-refractivity contribution in [1.29, 1.82) is 0 Å². The summed E-state index contributed by atoms with van der Waals surface area (Å²) in [5, 5.41) is 4.16. The van der Waals surface area contributed by atoms with Crippen molar-refractivity contribution in [2.75, 3.05) is 0 Å². The zero-order chi connectivity index (χ0) is 6.97. The van der Waals surface area contributed by atoms with E-state index in [1.54, 1.807) is 0 Å². The van der Waals surface area contributed by atoms with Gasteiger partial charge in [0.2, 0.25) is 0 Å². The average Bonchev–Trinajstić information content (AvgIpc) is 2.37. The summed E-state index contributed by atoms with van der Waals surface area (Å²) in [6.07, 6.45) is 7.23. The van der Waals surface area contributed by atoms with Crippen LogP contribution in [0.25, 0.3) is 0 Å². The van der Waals surface area contributed by atoms with Gasteiger partial charge in [0.1, 0.15) is 0 Å². The maximum absolute atomic E-state index is 4.16. The molecular formula is C8H10N2. The van der Waals surface area contributed by atoms with Gasteiger partial charge in [-0.3, -0.25) is 4.68 Å². The molecule has 1 heterocycles. The van der Waals surface area contributed by atoms with E-state index in [-0.39, 0.29) is 0 Å². The van der Waals surface area contributed by atoms with E-state index in [2.05, 4.69) is 18.1 Å². The first-order chi connectivity index (χ1) is 4.88. The highest BCUT2D eigenvalue weighted by Gasteiger charge is 2.18. The first kappa shape index (κ1) is 5.71. The number of hydrogen-bond donors (Lipinski definition) is 0. The third kappa shape index (κ3) is 0.685. The number of aromatic nitrogens is 2. The zero-order valence-corrected chi connectivity index (χ0v) is 5.99. The maximum atomic E-state index is 4.16. The lowest BCUT2D eigenvalue weighted by Gasteiger charge is -2.24. The predicted molar refractivity (Wildman–Crippen MR) is 39.6 cm³/mol. The molecule has 0 N–H and O–H groups in total. The van der Waals surface area contributed by atoms with Gasteiger partial charge in [0.15, 0.2) is 0 Å². The van der Waals surface area contributed by atoms with Crippen molar-refractivity contribution in [3.8, 4) is 0 Å². The Hall–Kier alpha value is -1.05. The molecule has 2 rings (SSSR count). The Labute approximate surface area is 60.2 Å². The fraction of sp³-hybridized carbons (Fsp3) is 0.375. The van der Waals surface area contributed by atoms with Crippen molar-refractivity contribution >= 4 is 0 Å². The van der Waals surface area contributed by atoms with Crippen LogP contribution in [0.2, 0.25) is 0 Å². The van der Waals surface area contributed by atoms with Crippen LogP contribution in [0.15, 0.2) is 30.1 Å². The summed E-state index contributed by atoms with van der Waals surface area (Å²) in [6.45, 7) is 2.15. The third-order valence-corrected chi connectivity index (χ3v) is 2.03. The number of allylic oxidation sites excluding steroid dienone is 2. The van der Waals surface area contributed by atoms with Crippen molar-refractivity contribution in [2.45, 2.75) is 19.4 Å². The van der Waals surface area contributed by atoms with Crippen LogP contribution in [-0.2, 0) is 0 Å². The van der Waals surface area contributed by atoms with Gasteiger partial charge in [0.05, 0.1) is 6.04 Å². The molecule has 2 heteroatoms. The van der Waals surface area contributed by atoms with Gasteiger partial charge < -0.3 is 0 Å². The molecule has 1 aromatic heterocycles. The molecule has 0 unspecified atom stereocenters. The van der Waals surface area contributed by atoms with Crippen LogP contribution in [0.4, 0.5) is 0 Å². The van der Waals surface area contributed by atoms with Crippen LogP contribution in [0.5, 0.6) is 0 Å². The minimum atomic E-state index is 0.551. The smallest absolute Gasteiger partial charge is 0.0760 e. The van der Waals surface area contributed by atoms with E-state index >= 15 is 0 Å². The van der Waals surface area contributed by atoms with Gasteiger partial charge in [-0.1, -0.05) is 11.6 Å². The topological polar surface area (TPSA) is 17.8 Å². The Bertz CT molecular complexity index is 246. The minimum Gasteiger partial charge on any atom is -0.265 e. The molecule has 0 bridgehead atoms. The lowest BCUT2D eigenvalue weighted by atomic mass is 9.94. The molecule has 0 aromatic carbocycles. The Balaban J connectivity index is 2.24. The van der Waals surface area contributed by atoms with E-state index in [1.165, 1.54) is 5.57 Å². The summed E-state index contributed by atoms with van der Waals surface area (Å²) in [5.74, 6) is 0. The van der Waals surface area contributed by atoms with Crippen LogP contribution < -0.4 is 0 Å². The highest BCUT2D eigenvalue weighted by molar-refractivity contribution is 5.17. The normalized spacial score (nSPS) is 23.7. The van der Waals surface area contributed by atoms with Gasteiger partial charge in [-0.15, -0.1) is 0 Å². The third-order valence-electron chi connectivity index (χ3n) is 2.03. The summed E-state index contributed by atoms with van der Waals surface area (Å²) in [4.78, 5) is 0. The lowest BCUT2D eigenvalue weighted by Crippen LogP contribution is -2.16. The van der Waals surface area contributed by atoms with Crippen molar-refractivity contribution in [2.24, 2.45) is 0 Å². The SMILES string of the molecule is CC1=CC[C@H]1n1cccn1. The molecule has 0 fully saturated rings. The van der Waals surface area contributed by atoms with Gasteiger partial charge in [-0.25, -0.2) is 0 Å². The fourth-order valence-electron chi connectivity index (χ4n) is 1.24. The molecule has 0 spiro atoms. The molecule has 1 aliphatic carbocycles. The molecule has 0 amide bonds. The van der Waals surface area contributed by atoms with Gasteiger partial charge in [0, 0.05) is 12.4 Å². The Morgan fingerprint density at radius 2 is 2.60 bits per heavy atom. The minimum absolute atomic E-state index is 0.551. The fourth-order valence-corrected chi connectivity index (χ4v) is 1.24. The van der Waals surface area contributed by atoms with E-state index in [9.17, 15) is 0 Å². The van der Waals surface area contributed by atoms with Crippen molar-refractivity contribution < 1.29 is 0 Å². The first-order valence-electron chi connectivity index (χ1n) is 3.54. The lowest BCUT2D eigenvalue weighted by molar-refractivity contribution is 0.480. The number of hydrogen-bond acceptors (Lipinski definition) is 1. The van der Waals surface area contributed by atoms with Crippen LogP contribution in [-0.4, -0.2) is 9.78 Å². The molecule has 1 aliphatic rings. The van der Waals surface area contributed by atoms with Crippen molar-refractivity contribution in [3.63, 3.8) is 0 Å². The van der Waals surface area contributed by atoms with Gasteiger partial charge >= 0.3 is 0 Å². The standard InChI is InChI=1S/C8H10N2/c1-7-3-4-8(7)10-6-2-5-9-10/h2-3,5-6,8H,4H2,1H3/t8-/m1/s1. The molecular weight excluding hydrogens is 124 g/mol. The molecule has 1 atom stereocenters. The molecule has 0 saturated carbocycles. The summed E-state index contributed by atoms with van der Waals surface area (Å²) >= 11 is 0.